The van der Waals surface area contributed by atoms with Crippen molar-refractivity contribution >= 4 is 11.6 Å². The summed E-state index contributed by atoms with van der Waals surface area (Å²) >= 11 is 0. The van der Waals surface area contributed by atoms with E-state index in [4.69, 9.17) is 0 Å². The first-order chi connectivity index (χ1) is 11.8. The van der Waals surface area contributed by atoms with Gasteiger partial charge in [0.05, 0.1) is 12.5 Å². The quantitative estimate of drug-likeness (QED) is 0.704. The lowest BCUT2D eigenvalue weighted by atomic mass is 10.0. The van der Waals surface area contributed by atoms with Gasteiger partial charge in [-0.2, -0.15) is 0 Å². The molecule has 0 aliphatic rings. The standard InChI is InChI=1S/C21H22N2O/c1-2-17-10-12-19(13-11-17)22-21(24)16-20(23-14-6-7-15-23)18-8-4-3-5-9-18/h3-15,20H,2,16H2,1H3,(H,22,24)/t20-/m1/s1. The number of nitrogens with zero attached hydrogens (tertiary/aromatic N) is 1. The highest BCUT2D eigenvalue weighted by Gasteiger charge is 2.17. The highest BCUT2D eigenvalue weighted by atomic mass is 16.1. The number of hydrogen-bond acceptors (Lipinski definition) is 1. The molecule has 0 saturated carbocycles. The highest BCUT2D eigenvalue weighted by molar-refractivity contribution is 5.91. The monoisotopic (exact) mass is 318 g/mol. The number of carbonyl (C=O) groups is 1. The summed E-state index contributed by atoms with van der Waals surface area (Å²) in [5.74, 6) is 0.0156. The molecule has 3 nitrogen and oxygen atoms in total. The molecule has 1 amide bonds. The second-order valence-electron chi connectivity index (χ2n) is 5.86. The Morgan fingerprint density at radius 2 is 1.62 bits per heavy atom. The molecule has 0 spiro atoms. The van der Waals surface area contributed by atoms with Crippen LogP contribution < -0.4 is 5.32 Å². The van der Waals surface area contributed by atoms with Crippen LogP contribution >= 0.6 is 0 Å². The van der Waals surface area contributed by atoms with Crippen molar-refractivity contribution in [3.63, 3.8) is 0 Å². The Hall–Kier alpha value is -2.81. The molecule has 24 heavy (non-hydrogen) atoms. The maximum Gasteiger partial charge on any atom is 0.226 e. The number of hydrogen-bond donors (Lipinski definition) is 1. The molecule has 1 aromatic heterocycles. The average molecular weight is 318 g/mol. The van der Waals surface area contributed by atoms with Gasteiger partial charge in [0.1, 0.15) is 0 Å². The Morgan fingerprint density at radius 1 is 0.958 bits per heavy atom. The van der Waals surface area contributed by atoms with E-state index in [0.29, 0.717) is 6.42 Å². The molecule has 0 saturated heterocycles. The summed E-state index contributed by atoms with van der Waals surface area (Å²) in [6.45, 7) is 2.12. The summed E-state index contributed by atoms with van der Waals surface area (Å²) < 4.78 is 2.08. The van der Waals surface area contributed by atoms with Crippen LogP contribution in [0.5, 0.6) is 0 Å². The first kappa shape index (κ1) is 16.1. The Morgan fingerprint density at radius 3 is 2.25 bits per heavy atom. The smallest absolute Gasteiger partial charge is 0.226 e. The lowest BCUT2D eigenvalue weighted by molar-refractivity contribution is -0.116. The maximum absolute atomic E-state index is 12.5. The summed E-state index contributed by atoms with van der Waals surface area (Å²) in [5, 5.41) is 3.00. The molecule has 0 aliphatic carbocycles. The largest absolute Gasteiger partial charge is 0.346 e. The molecule has 3 rings (SSSR count). The Kier molecular flexibility index (Phi) is 5.12. The van der Waals surface area contributed by atoms with Crippen molar-refractivity contribution in [2.45, 2.75) is 25.8 Å². The third-order valence-electron chi connectivity index (χ3n) is 4.20. The fourth-order valence-corrected chi connectivity index (χ4v) is 2.84. The predicted molar refractivity (Wildman–Crippen MR) is 98.1 cm³/mol. The molecule has 2 aromatic carbocycles. The van der Waals surface area contributed by atoms with E-state index in [9.17, 15) is 4.79 Å². The maximum atomic E-state index is 12.5. The number of nitrogens with one attached hydrogen (secondary N) is 1. The minimum Gasteiger partial charge on any atom is -0.346 e. The van der Waals surface area contributed by atoms with Gasteiger partial charge >= 0.3 is 0 Å². The topological polar surface area (TPSA) is 34.0 Å². The molecule has 1 atom stereocenters. The molecule has 1 N–H and O–H groups in total. The zero-order valence-electron chi connectivity index (χ0n) is 13.9. The number of carbonyl (C=O) groups excluding carboxylic acids is 1. The number of amides is 1. The second-order valence-corrected chi connectivity index (χ2v) is 5.86. The van der Waals surface area contributed by atoms with Gasteiger partial charge in [0.25, 0.3) is 0 Å². The predicted octanol–water partition coefficient (Wildman–Crippen LogP) is 4.67. The molecule has 0 fully saturated rings. The molecule has 122 valence electrons. The van der Waals surface area contributed by atoms with Gasteiger partial charge in [0.2, 0.25) is 5.91 Å². The van der Waals surface area contributed by atoms with Crippen molar-refractivity contribution in [2.75, 3.05) is 5.32 Å². The van der Waals surface area contributed by atoms with Crippen LogP contribution in [-0.4, -0.2) is 10.5 Å². The summed E-state index contributed by atoms with van der Waals surface area (Å²) in [6.07, 6.45) is 5.40. The summed E-state index contributed by atoms with van der Waals surface area (Å²) in [7, 11) is 0. The van der Waals surface area contributed by atoms with Gasteiger partial charge in [0.15, 0.2) is 0 Å². The molecule has 3 heteroatoms. The molecule has 0 aliphatic heterocycles. The molecule has 3 aromatic rings. The van der Waals surface area contributed by atoms with Crippen LogP contribution in [0.15, 0.2) is 79.1 Å². The summed E-state index contributed by atoms with van der Waals surface area (Å²) in [4.78, 5) is 12.5. The lowest BCUT2D eigenvalue weighted by Gasteiger charge is -2.19. The van der Waals surface area contributed by atoms with Gasteiger partial charge in [-0.05, 0) is 41.8 Å². The zero-order valence-corrected chi connectivity index (χ0v) is 13.9. The van der Waals surface area contributed by atoms with Crippen molar-refractivity contribution in [2.24, 2.45) is 0 Å². The van der Waals surface area contributed by atoms with E-state index in [2.05, 4.69) is 41.1 Å². The van der Waals surface area contributed by atoms with Crippen LogP contribution in [0, 0.1) is 0 Å². The average Bonchev–Trinajstić information content (AvgIpc) is 3.15. The van der Waals surface area contributed by atoms with Crippen molar-refractivity contribution < 1.29 is 4.79 Å². The number of benzene rings is 2. The van der Waals surface area contributed by atoms with Gasteiger partial charge in [-0.3, -0.25) is 4.79 Å². The van der Waals surface area contributed by atoms with Crippen LogP contribution in [-0.2, 0) is 11.2 Å². The number of rotatable bonds is 6. The molecule has 1 heterocycles. The minimum atomic E-state index is -0.00360. The number of anilines is 1. The Balaban J connectivity index is 1.73. The van der Waals surface area contributed by atoms with Crippen LogP contribution in [0.3, 0.4) is 0 Å². The highest BCUT2D eigenvalue weighted by Crippen LogP contribution is 2.23. The normalized spacial score (nSPS) is 11.9. The van der Waals surface area contributed by atoms with E-state index in [0.717, 1.165) is 17.7 Å². The fraction of sp³-hybridized carbons (Fsp3) is 0.190. The third kappa shape index (κ3) is 3.93. The molecule has 0 bridgehead atoms. The number of aryl methyl sites for hydroxylation is 1. The third-order valence-corrected chi connectivity index (χ3v) is 4.20. The van der Waals surface area contributed by atoms with Gasteiger partial charge < -0.3 is 9.88 Å². The van der Waals surface area contributed by atoms with Crippen LogP contribution in [0.25, 0.3) is 0 Å². The van der Waals surface area contributed by atoms with Gasteiger partial charge in [-0.25, -0.2) is 0 Å². The van der Waals surface area contributed by atoms with E-state index in [1.165, 1.54) is 5.56 Å². The first-order valence-electron chi connectivity index (χ1n) is 8.32. The van der Waals surface area contributed by atoms with Gasteiger partial charge in [-0.15, -0.1) is 0 Å². The Bertz CT molecular complexity index is 761. The lowest BCUT2D eigenvalue weighted by Crippen LogP contribution is -2.19. The first-order valence-corrected chi connectivity index (χ1v) is 8.32. The van der Waals surface area contributed by atoms with Crippen LogP contribution in [0.2, 0.25) is 0 Å². The van der Waals surface area contributed by atoms with Crippen molar-refractivity contribution in [1.29, 1.82) is 0 Å². The van der Waals surface area contributed by atoms with Crippen molar-refractivity contribution in [3.05, 3.63) is 90.3 Å². The molecule has 0 unspecified atom stereocenters. The van der Waals surface area contributed by atoms with E-state index in [1.807, 2.05) is 54.9 Å². The number of aromatic nitrogens is 1. The van der Waals surface area contributed by atoms with Crippen LogP contribution in [0.4, 0.5) is 5.69 Å². The van der Waals surface area contributed by atoms with E-state index < -0.39 is 0 Å². The fourth-order valence-electron chi connectivity index (χ4n) is 2.84. The summed E-state index contributed by atoms with van der Waals surface area (Å²) in [5.41, 5.74) is 3.24. The van der Waals surface area contributed by atoms with Crippen LogP contribution in [0.1, 0.15) is 30.5 Å². The van der Waals surface area contributed by atoms with E-state index >= 15 is 0 Å². The molecular formula is C21H22N2O. The SMILES string of the molecule is CCc1ccc(NC(=O)C[C@H](c2ccccc2)n2cccc2)cc1. The van der Waals surface area contributed by atoms with E-state index in [1.54, 1.807) is 0 Å². The van der Waals surface area contributed by atoms with Gasteiger partial charge in [0, 0.05) is 18.1 Å². The Labute approximate surface area is 143 Å². The van der Waals surface area contributed by atoms with Crippen molar-refractivity contribution in [3.8, 4) is 0 Å². The molecule has 0 radical (unpaired) electrons. The molecular weight excluding hydrogens is 296 g/mol. The minimum absolute atomic E-state index is 0.00360. The van der Waals surface area contributed by atoms with Gasteiger partial charge in [-0.1, -0.05) is 49.4 Å². The van der Waals surface area contributed by atoms with Crippen molar-refractivity contribution in [1.82, 2.24) is 4.57 Å². The zero-order chi connectivity index (χ0) is 16.8. The van der Waals surface area contributed by atoms with E-state index in [-0.39, 0.29) is 11.9 Å². The second kappa shape index (κ2) is 7.64. The summed E-state index contributed by atoms with van der Waals surface area (Å²) in [6, 6.07) is 22.1.